The largest absolute Gasteiger partial charge is 0.462 e. The molecule has 0 spiro atoms. The molecule has 3 aromatic heterocycles. The molecule has 0 amide bonds. The summed E-state index contributed by atoms with van der Waals surface area (Å²) in [5.41, 5.74) is 2.00. The molecular weight excluding hydrogens is 250 g/mol. The zero-order chi connectivity index (χ0) is 12.5. The number of furan rings is 1. The number of aryl methyl sites for hydroxylation is 1. The molecule has 0 atom stereocenters. The third-order valence-electron chi connectivity index (χ3n) is 2.39. The number of aromatic nitrogens is 3. The summed E-state index contributed by atoms with van der Waals surface area (Å²) < 4.78 is 6.68. The van der Waals surface area contributed by atoms with Gasteiger partial charge in [-0.15, -0.1) is 0 Å². The summed E-state index contributed by atoms with van der Waals surface area (Å²) in [6, 6.07) is 5.19. The zero-order valence-corrected chi connectivity index (χ0v) is 10.3. The molecule has 0 aliphatic heterocycles. The van der Waals surface area contributed by atoms with Crippen molar-refractivity contribution in [1.82, 2.24) is 14.6 Å². The molecule has 5 nitrogen and oxygen atoms in total. The van der Waals surface area contributed by atoms with Crippen molar-refractivity contribution in [3.8, 4) is 0 Å². The second-order valence-electron chi connectivity index (χ2n) is 3.73. The smallest absolute Gasteiger partial charge is 0.275 e. The van der Waals surface area contributed by atoms with Gasteiger partial charge in [0.1, 0.15) is 17.0 Å². The van der Waals surface area contributed by atoms with Crippen molar-refractivity contribution >= 4 is 28.4 Å². The molecule has 0 saturated carbocycles. The van der Waals surface area contributed by atoms with Crippen LogP contribution in [0.4, 0.5) is 0 Å². The van der Waals surface area contributed by atoms with Gasteiger partial charge in [-0.25, -0.2) is 4.98 Å². The molecule has 0 radical (unpaired) electrons. The van der Waals surface area contributed by atoms with Gasteiger partial charge in [-0.1, -0.05) is 11.3 Å². The summed E-state index contributed by atoms with van der Waals surface area (Å²) in [4.78, 5) is 16.6. The third-order valence-corrected chi connectivity index (χ3v) is 3.06. The molecule has 0 aromatic carbocycles. The van der Waals surface area contributed by atoms with E-state index >= 15 is 0 Å². The van der Waals surface area contributed by atoms with Crippen LogP contribution in [0.3, 0.4) is 0 Å². The topological polar surface area (TPSA) is 60.4 Å². The van der Waals surface area contributed by atoms with Crippen LogP contribution in [0.25, 0.3) is 17.1 Å². The van der Waals surface area contributed by atoms with E-state index in [-0.39, 0.29) is 5.56 Å². The molecular formula is C12H9N3O2S. The normalized spacial score (nSPS) is 11.6. The van der Waals surface area contributed by atoms with Crippen molar-refractivity contribution in [3.63, 3.8) is 0 Å². The van der Waals surface area contributed by atoms with Crippen molar-refractivity contribution in [2.45, 2.75) is 6.92 Å². The summed E-state index contributed by atoms with van der Waals surface area (Å²) in [5.74, 6) is 1.58. The Labute approximate surface area is 106 Å². The summed E-state index contributed by atoms with van der Waals surface area (Å²) in [5, 5.41) is 3.90. The van der Waals surface area contributed by atoms with Crippen molar-refractivity contribution in [3.05, 3.63) is 51.3 Å². The first-order chi connectivity index (χ1) is 8.72. The van der Waals surface area contributed by atoms with Gasteiger partial charge in [0.25, 0.3) is 5.56 Å². The van der Waals surface area contributed by atoms with Gasteiger partial charge in [0.15, 0.2) is 0 Å². The summed E-state index contributed by atoms with van der Waals surface area (Å²) >= 11 is 1.32. The molecule has 90 valence electrons. The second-order valence-corrected chi connectivity index (χ2v) is 4.55. The first-order valence-corrected chi connectivity index (χ1v) is 6.18. The maximum absolute atomic E-state index is 11.7. The van der Waals surface area contributed by atoms with Crippen LogP contribution < -0.4 is 5.56 Å². The quantitative estimate of drug-likeness (QED) is 0.708. The van der Waals surface area contributed by atoms with E-state index in [4.69, 9.17) is 4.42 Å². The minimum atomic E-state index is -0.184. The van der Waals surface area contributed by atoms with Crippen LogP contribution >= 0.6 is 11.3 Å². The highest BCUT2D eigenvalue weighted by Crippen LogP contribution is 2.11. The number of nitrogens with zero attached hydrogens (tertiary/aromatic N) is 3. The minimum Gasteiger partial charge on any atom is -0.462 e. The molecule has 3 aromatic rings. The van der Waals surface area contributed by atoms with E-state index < -0.39 is 0 Å². The van der Waals surface area contributed by atoms with E-state index in [1.807, 2.05) is 19.1 Å². The van der Waals surface area contributed by atoms with Gasteiger partial charge in [0.2, 0.25) is 4.96 Å². The lowest BCUT2D eigenvalue weighted by molar-refractivity contribution is 0.525. The van der Waals surface area contributed by atoms with Crippen LogP contribution in [-0.4, -0.2) is 14.6 Å². The van der Waals surface area contributed by atoms with Crippen LogP contribution in [-0.2, 0) is 0 Å². The number of hydrogen-bond donors (Lipinski definition) is 0. The van der Waals surface area contributed by atoms with Gasteiger partial charge in [0, 0.05) is 6.07 Å². The second kappa shape index (κ2) is 4.23. The lowest BCUT2D eigenvalue weighted by atomic mass is 10.3. The van der Waals surface area contributed by atoms with E-state index in [0.717, 1.165) is 11.5 Å². The Morgan fingerprint density at radius 2 is 2.28 bits per heavy atom. The first-order valence-electron chi connectivity index (χ1n) is 5.30. The van der Waals surface area contributed by atoms with E-state index in [1.165, 1.54) is 21.9 Å². The Bertz CT molecular complexity index is 782. The van der Waals surface area contributed by atoms with Gasteiger partial charge in [0.05, 0.1) is 5.69 Å². The standard InChI is InChI=1S/C12H9N3O2S/c1-8-2-4-10(17-8)5-3-9-6-11(16)15-12(14-9)18-7-13-15/h2-7H,1H3/b5-3+. The average molecular weight is 259 g/mol. The maximum atomic E-state index is 11.7. The molecule has 0 saturated heterocycles. The van der Waals surface area contributed by atoms with Gasteiger partial charge < -0.3 is 4.42 Å². The van der Waals surface area contributed by atoms with E-state index in [1.54, 1.807) is 17.7 Å². The maximum Gasteiger partial charge on any atom is 0.275 e. The Kier molecular flexibility index (Phi) is 2.56. The van der Waals surface area contributed by atoms with Crippen LogP contribution in [0.2, 0.25) is 0 Å². The van der Waals surface area contributed by atoms with E-state index in [9.17, 15) is 4.79 Å². The first kappa shape index (κ1) is 10.9. The zero-order valence-electron chi connectivity index (χ0n) is 9.53. The number of fused-ring (bicyclic) bond motifs is 1. The van der Waals surface area contributed by atoms with Gasteiger partial charge in [-0.05, 0) is 31.2 Å². The third kappa shape index (κ3) is 1.98. The Morgan fingerprint density at radius 1 is 1.39 bits per heavy atom. The van der Waals surface area contributed by atoms with Crippen molar-refractivity contribution in [1.29, 1.82) is 0 Å². The van der Waals surface area contributed by atoms with Crippen molar-refractivity contribution < 1.29 is 4.42 Å². The van der Waals surface area contributed by atoms with Crippen LogP contribution in [0.5, 0.6) is 0 Å². The van der Waals surface area contributed by atoms with Crippen LogP contribution in [0, 0.1) is 6.92 Å². The van der Waals surface area contributed by atoms with E-state index in [0.29, 0.717) is 10.7 Å². The van der Waals surface area contributed by atoms with Gasteiger partial charge >= 0.3 is 0 Å². The molecule has 0 N–H and O–H groups in total. The fourth-order valence-electron chi connectivity index (χ4n) is 1.57. The summed E-state index contributed by atoms with van der Waals surface area (Å²) in [6.07, 6.45) is 3.53. The Morgan fingerprint density at radius 3 is 3.06 bits per heavy atom. The molecule has 3 heterocycles. The van der Waals surface area contributed by atoms with Crippen LogP contribution in [0.15, 0.2) is 32.9 Å². The van der Waals surface area contributed by atoms with Crippen molar-refractivity contribution in [2.75, 3.05) is 0 Å². The number of rotatable bonds is 2. The molecule has 0 bridgehead atoms. The monoisotopic (exact) mass is 259 g/mol. The lowest BCUT2D eigenvalue weighted by Crippen LogP contribution is -2.13. The van der Waals surface area contributed by atoms with Gasteiger partial charge in [-0.2, -0.15) is 9.61 Å². The van der Waals surface area contributed by atoms with Crippen molar-refractivity contribution in [2.24, 2.45) is 0 Å². The highest BCUT2D eigenvalue weighted by atomic mass is 32.1. The molecule has 0 fully saturated rings. The Hall–Kier alpha value is -2.21. The highest BCUT2D eigenvalue weighted by molar-refractivity contribution is 7.14. The molecule has 6 heteroatoms. The molecule has 3 rings (SSSR count). The minimum absolute atomic E-state index is 0.184. The lowest BCUT2D eigenvalue weighted by Gasteiger charge is -1.92. The fourth-order valence-corrected chi connectivity index (χ4v) is 2.20. The molecule has 0 aliphatic carbocycles. The predicted molar refractivity (Wildman–Crippen MR) is 69.5 cm³/mol. The summed E-state index contributed by atoms with van der Waals surface area (Å²) in [6.45, 7) is 1.88. The van der Waals surface area contributed by atoms with Gasteiger partial charge in [-0.3, -0.25) is 4.79 Å². The predicted octanol–water partition coefficient (Wildman–Crippen LogP) is 2.22. The fraction of sp³-hybridized carbons (Fsp3) is 0.0833. The highest BCUT2D eigenvalue weighted by Gasteiger charge is 2.02. The SMILES string of the molecule is Cc1ccc(/C=C/c2cc(=O)n3ncsc3n2)o1. The van der Waals surface area contributed by atoms with Crippen LogP contribution in [0.1, 0.15) is 17.2 Å². The van der Waals surface area contributed by atoms with E-state index in [2.05, 4.69) is 10.1 Å². The molecule has 18 heavy (non-hydrogen) atoms. The molecule has 0 aliphatic rings. The Balaban J connectivity index is 1.99. The summed E-state index contributed by atoms with van der Waals surface area (Å²) in [7, 11) is 0. The average Bonchev–Trinajstić information content (AvgIpc) is 2.95. The molecule has 0 unspecified atom stereocenters. The number of hydrogen-bond acceptors (Lipinski definition) is 5.